The Kier molecular flexibility index (Phi) is 7.74. The van der Waals surface area contributed by atoms with Gasteiger partial charge < -0.3 is 4.90 Å². The summed E-state index contributed by atoms with van der Waals surface area (Å²) in [4.78, 5) is 20.7. The third kappa shape index (κ3) is 4.80. The lowest BCUT2D eigenvalue weighted by Gasteiger charge is -2.23. The lowest BCUT2D eigenvalue weighted by molar-refractivity contribution is -0.116. The number of hydrogen-bond donors (Lipinski definition) is 0. The predicted molar refractivity (Wildman–Crippen MR) is 102 cm³/mol. The molecule has 0 saturated heterocycles. The standard InChI is InChI=1S/C16H22ClN3OS.ClH/c1-5-19(6-2)7-8-20(12(4)21)16-18-15-11(3)9-13(17)10-14(15)22-16;/h9-10H,5-8H2,1-4H3;1H. The summed E-state index contributed by atoms with van der Waals surface area (Å²) in [7, 11) is 0. The maximum atomic E-state index is 12.0. The number of fused-ring (bicyclic) bond motifs is 1. The van der Waals surface area contributed by atoms with Gasteiger partial charge in [-0.1, -0.05) is 36.8 Å². The van der Waals surface area contributed by atoms with Gasteiger partial charge in [-0.15, -0.1) is 12.4 Å². The van der Waals surface area contributed by atoms with E-state index in [-0.39, 0.29) is 18.3 Å². The van der Waals surface area contributed by atoms with Crippen molar-refractivity contribution in [3.63, 3.8) is 0 Å². The second-order valence-corrected chi connectivity index (χ2v) is 6.71. The van der Waals surface area contributed by atoms with Crippen LogP contribution in [0.4, 0.5) is 5.13 Å². The molecule has 2 rings (SSSR count). The molecule has 1 amide bonds. The predicted octanol–water partition coefficient (Wildman–Crippen LogP) is 4.37. The molecule has 0 aliphatic rings. The van der Waals surface area contributed by atoms with Crippen LogP contribution in [0.3, 0.4) is 0 Å². The summed E-state index contributed by atoms with van der Waals surface area (Å²) in [5.74, 6) is 0.0231. The van der Waals surface area contributed by atoms with Crippen molar-refractivity contribution >= 4 is 56.6 Å². The zero-order valence-electron chi connectivity index (χ0n) is 13.9. The number of benzene rings is 1. The minimum Gasteiger partial charge on any atom is -0.302 e. The normalized spacial score (nSPS) is 10.9. The monoisotopic (exact) mass is 375 g/mol. The van der Waals surface area contributed by atoms with Crippen LogP contribution in [0.2, 0.25) is 5.02 Å². The van der Waals surface area contributed by atoms with E-state index in [1.54, 1.807) is 11.8 Å². The molecule has 0 N–H and O–H groups in total. The third-order valence-electron chi connectivity index (χ3n) is 3.78. The van der Waals surface area contributed by atoms with Crippen LogP contribution in [0.25, 0.3) is 10.2 Å². The summed E-state index contributed by atoms with van der Waals surface area (Å²) in [5.41, 5.74) is 1.97. The highest BCUT2D eigenvalue weighted by atomic mass is 35.5. The van der Waals surface area contributed by atoms with E-state index in [2.05, 4.69) is 23.7 Å². The Balaban J connectivity index is 0.00000264. The number of halogens is 2. The number of aryl methyl sites for hydroxylation is 1. The molecular formula is C16H23Cl2N3OS. The molecule has 4 nitrogen and oxygen atoms in total. The first-order valence-electron chi connectivity index (χ1n) is 7.53. The van der Waals surface area contributed by atoms with E-state index in [4.69, 9.17) is 11.6 Å². The molecule has 0 aliphatic carbocycles. The number of rotatable bonds is 6. The number of amides is 1. The summed E-state index contributed by atoms with van der Waals surface area (Å²) in [6.07, 6.45) is 0. The highest BCUT2D eigenvalue weighted by Crippen LogP contribution is 2.33. The van der Waals surface area contributed by atoms with E-state index in [0.29, 0.717) is 11.6 Å². The van der Waals surface area contributed by atoms with Gasteiger partial charge in [0.05, 0.1) is 10.2 Å². The fourth-order valence-corrected chi connectivity index (χ4v) is 3.92. The van der Waals surface area contributed by atoms with Crippen molar-refractivity contribution in [2.45, 2.75) is 27.7 Å². The van der Waals surface area contributed by atoms with Crippen LogP contribution < -0.4 is 4.90 Å². The molecule has 0 bridgehead atoms. The highest BCUT2D eigenvalue weighted by molar-refractivity contribution is 7.22. The average Bonchev–Trinajstić information content (AvgIpc) is 2.87. The molecule has 0 fully saturated rings. The molecule has 0 aliphatic heterocycles. The Morgan fingerprint density at radius 3 is 2.48 bits per heavy atom. The fraction of sp³-hybridized carbons (Fsp3) is 0.500. The van der Waals surface area contributed by atoms with Gasteiger partial charge in [0.15, 0.2) is 5.13 Å². The largest absolute Gasteiger partial charge is 0.302 e. The summed E-state index contributed by atoms with van der Waals surface area (Å²) >= 11 is 7.63. The summed E-state index contributed by atoms with van der Waals surface area (Å²) in [6.45, 7) is 11.3. The van der Waals surface area contributed by atoms with E-state index in [0.717, 1.165) is 40.5 Å². The maximum absolute atomic E-state index is 12.0. The lowest BCUT2D eigenvalue weighted by atomic mass is 10.2. The number of aromatic nitrogens is 1. The van der Waals surface area contributed by atoms with Crippen LogP contribution in [0, 0.1) is 6.92 Å². The molecule has 0 unspecified atom stereocenters. The van der Waals surface area contributed by atoms with Gasteiger partial charge in [0, 0.05) is 25.0 Å². The van der Waals surface area contributed by atoms with Gasteiger partial charge in [-0.3, -0.25) is 9.69 Å². The van der Waals surface area contributed by atoms with Crippen LogP contribution in [-0.4, -0.2) is 42.0 Å². The topological polar surface area (TPSA) is 36.4 Å². The van der Waals surface area contributed by atoms with Gasteiger partial charge in [0.1, 0.15) is 0 Å². The van der Waals surface area contributed by atoms with Crippen molar-refractivity contribution in [3.8, 4) is 0 Å². The maximum Gasteiger partial charge on any atom is 0.225 e. The minimum absolute atomic E-state index is 0. The van der Waals surface area contributed by atoms with Crippen molar-refractivity contribution in [1.82, 2.24) is 9.88 Å². The Morgan fingerprint density at radius 1 is 1.26 bits per heavy atom. The van der Waals surface area contributed by atoms with E-state index < -0.39 is 0 Å². The van der Waals surface area contributed by atoms with Crippen LogP contribution >= 0.6 is 35.3 Å². The van der Waals surface area contributed by atoms with Crippen molar-refractivity contribution in [1.29, 1.82) is 0 Å². The average molecular weight is 376 g/mol. The Bertz CT molecular complexity index is 671. The summed E-state index contributed by atoms with van der Waals surface area (Å²) < 4.78 is 1.02. The van der Waals surface area contributed by atoms with Crippen molar-refractivity contribution < 1.29 is 4.79 Å². The van der Waals surface area contributed by atoms with Crippen LogP contribution in [0.1, 0.15) is 26.3 Å². The molecule has 2 aromatic rings. The first-order valence-corrected chi connectivity index (χ1v) is 8.72. The molecular weight excluding hydrogens is 353 g/mol. The number of thiazole rings is 1. The molecule has 7 heteroatoms. The second-order valence-electron chi connectivity index (χ2n) is 5.26. The number of anilines is 1. The third-order valence-corrected chi connectivity index (χ3v) is 5.03. The molecule has 1 aromatic heterocycles. The number of hydrogen-bond acceptors (Lipinski definition) is 4. The van der Waals surface area contributed by atoms with E-state index in [1.165, 1.54) is 11.3 Å². The molecule has 1 aromatic carbocycles. The zero-order chi connectivity index (χ0) is 16.3. The van der Waals surface area contributed by atoms with Crippen LogP contribution in [0.5, 0.6) is 0 Å². The Morgan fingerprint density at radius 2 is 1.91 bits per heavy atom. The van der Waals surface area contributed by atoms with Crippen LogP contribution in [0.15, 0.2) is 12.1 Å². The molecule has 0 atom stereocenters. The molecule has 0 saturated carbocycles. The highest BCUT2D eigenvalue weighted by Gasteiger charge is 2.18. The quantitative estimate of drug-likeness (QED) is 0.751. The van der Waals surface area contributed by atoms with Gasteiger partial charge >= 0.3 is 0 Å². The number of likely N-dealkylation sites (N-methyl/N-ethyl adjacent to an activating group) is 1. The lowest BCUT2D eigenvalue weighted by Crippen LogP contribution is -2.37. The molecule has 128 valence electrons. The number of carbonyl (C=O) groups excluding carboxylic acids is 1. The van der Waals surface area contributed by atoms with Crippen LogP contribution in [-0.2, 0) is 4.79 Å². The van der Waals surface area contributed by atoms with E-state index in [1.807, 2.05) is 19.1 Å². The van der Waals surface area contributed by atoms with Gasteiger partial charge in [-0.25, -0.2) is 4.98 Å². The van der Waals surface area contributed by atoms with Crippen molar-refractivity contribution in [3.05, 3.63) is 22.7 Å². The Hall–Kier alpha value is -0.880. The summed E-state index contributed by atoms with van der Waals surface area (Å²) in [6, 6.07) is 3.81. The van der Waals surface area contributed by atoms with Gasteiger partial charge in [0.2, 0.25) is 5.91 Å². The van der Waals surface area contributed by atoms with Crippen molar-refractivity contribution in [2.24, 2.45) is 0 Å². The Labute approximate surface area is 152 Å². The van der Waals surface area contributed by atoms with E-state index in [9.17, 15) is 4.79 Å². The minimum atomic E-state index is 0. The number of nitrogens with zero attached hydrogens (tertiary/aromatic N) is 3. The second kappa shape index (κ2) is 8.83. The first kappa shape index (κ1) is 20.2. The fourth-order valence-electron chi connectivity index (χ4n) is 2.43. The van der Waals surface area contributed by atoms with Gasteiger partial charge in [-0.2, -0.15) is 0 Å². The molecule has 1 heterocycles. The molecule has 0 spiro atoms. The van der Waals surface area contributed by atoms with E-state index >= 15 is 0 Å². The van der Waals surface area contributed by atoms with Gasteiger partial charge in [-0.05, 0) is 37.7 Å². The first-order chi connectivity index (χ1) is 10.5. The molecule has 0 radical (unpaired) electrons. The van der Waals surface area contributed by atoms with Crippen molar-refractivity contribution in [2.75, 3.05) is 31.1 Å². The summed E-state index contributed by atoms with van der Waals surface area (Å²) in [5, 5.41) is 1.46. The zero-order valence-corrected chi connectivity index (χ0v) is 16.3. The number of carbonyl (C=O) groups is 1. The molecule has 23 heavy (non-hydrogen) atoms. The van der Waals surface area contributed by atoms with Gasteiger partial charge in [0.25, 0.3) is 0 Å². The SMILES string of the molecule is CCN(CC)CCN(C(C)=O)c1nc2c(C)cc(Cl)cc2s1.Cl. The smallest absolute Gasteiger partial charge is 0.225 e.